The molecule has 0 fully saturated rings. The molecule has 11 heavy (non-hydrogen) atoms. The van der Waals surface area contributed by atoms with E-state index in [4.69, 9.17) is 5.41 Å². The summed E-state index contributed by atoms with van der Waals surface area (Å²) in [6.07, 6.45) is 0.266. The first kappa shape index (κ1) is 7.91. The van der Waals surface area contributed by atoms with Crippen molar-refractivity contribution in [3.63, 3.8) is 0 Å². The summed E-state index contributed by atoms with van der Waals surface area (Å²) >= 11 is 0. The fourth-order valence-electron chi connectivity index (χ4n) is 0.730. The minimum atomic E-state index is -4.40. The lowest BCUT2D eigenvalue weighted by Gasteiger charge is -2.05. The molecule has 58 valence electrons. The fourth-order valence-corrected chi connectivity index (χ4v) is 0.730. The fraction of sp³-hybridized carbons (Fsp3) is 0.143. The zero-order valence-electron chi connectivity index (χ0n) is 5.44. The maximum absolute atomic E-state index is 11.9. The van der Waals surface area contributed by atoms with Gasteiger partial charge in [-0.15, -0.1) is 0 Å². The van der Waals surface area contributed by atoms with Gasteiger partial charge in [0.2, 0.25) is 0 Å². The lowest BCUT2D eigenvalue weighted by molar-refractivity contribution is -0.0861. The second kappa shape index (κ2) is 2.45. The van der Waals surface area contributed by atoms with Crippen LogP contribution in [0.25, 0.3) is 0 Å². The molecule has 4 heteroatoms. The van der Waals surface area contributed by atoms with Gasteiger partial charge >= 0.3 is 6.18 Å². The Morgan fingerprint density at radius 2 is 2.00 bits per heavy atom. The summed E-state index contributed by atoms with van der Waals surface area (Å²) in [5, 5.41) is 6.91. The Labute approximate surface area is 61.7 Å². The summed E-state index contributed by atoms with van der Waals surface area (Å²) < 4.78 is 35.8. The highest BCUT2D eigenvalue weighted by Crippen LogP contribution is 2.28. The number of allylic oxidation sites excluding steroid dienone is 4. The third kappa shape index (κ3) is 1.63. The van der Waals surface area contributed by atoms with Crippen LogP contribution in [-0.4, -0.2) is 11.9 Å². The SMILES string of the molecule is N=C1[CH+]C=CC=C1C(F)(F)F. The molecule has 0 heterocycles. The van der Waals surface area contributed by atoms with Crippen molar-refractivity contribution in [3.8, 4) is 0 Å². The van der Waals surface area contributed by atoms with E-state index in [0.717, 1.165) is 12.5 Å². The summed E-state index contributed by atoms with van der Waals surface area (Å²) in [7, 11) is 0. The van der Waals surface area contributed by atoms with Gasteiger partial charge in [0, 0.05) is 6.08 Å². The summed E-state index contributed by atoms with van der Waals surface area (Å²) in [6, 6.07) is 0. The third-order valence-electron chi connectivity index (χ3n) is 1.23. The van der Waals surface area contributed by atoms with Gasteiger partial charge in [-0.3, -0.25) is 5.41 Å². The Balaban J connectivity index is 2.93. The highest BCUT2D eigenvalue weighted by atomic mass is 19.4. The zero-order valence-corrected chi connectivity index (χ0v) is 5.44. The van der Waals surface area contributed by atoms with Gasteiger partial charge in [0.15, 0.2) is 11.3 Å². The van der Waals surface area contributed by atoms with Crippen molar-refractivity contribution in [1.29, 1.82) is 5.41 Å². The number of hydrogen-bond acceptors (Lipinski definition) is 1. The van der Waals surface area contributed by atoms with E-state index in [1.807, 2.05) is 0 Å². The van der Waals surface area contributed by atoms with Crippen molar-refractivity contribution < 1.29 is 13.2 Å². The second-order valence-corrected chi connectivity index (χ2v) is 2.04. The first-order valence-electron chi connectivity index (χ1n) is 2.89. The first-order chi connectivity index (χ1) is 5.02. The van der Waals surface area contributed by atoms with Crippen LogP contribution in [0.4, 0.5) is 13.2 Å². The largest absolute Gasteiger partial charge is 0.469 e. The minimum Gasteiger partial charge on any atom is -0.275 e. The van der Waals surface area contributed by atoms with E-state index in [2.05, 4.69) is 0 Å². The molecule has 1 N–H and O–H groups in total. The van der Waals surface area contributed by atoms with Crippen molar-refractivity contribution >= 4 is 5.71 Å². The average molecular weight is 160 g/mol. The molecule has 0 saturated heterocycles. The number of alkyl halides is 3. The Bertz CT molecular complexity index is 235. The molecule has 1 aliphatic carbocycles. The highest BCUT2D eigenvalue weighted by Gasteiger charge is 2.42. The molecule has 0 aromatic heterocycles. The smallest absolute Gasteiger partial charge is 0.275 e. The van der Waals surface area contributed by atoms with Gasteiger partial charge in [0.05, 0.1) is 18.6 Å². The first-order valence-corrected chi connectivity index (χ1v) is 2.89. The van der Waals surface area contributed by atoms with E-state index >= 15 is 0 Å². The molecule has 0 atom stereocenters. The molecular formula is C7H5F3N+. The second-order valence-electron chi connectivity index (χ2n) is 2.04. The van der Waals surface area contributed by atoms with Gasteiger partial charge in [0.25, 0.3) is 0 Å². The van der Waals surface area contributed by atoms with Crippen LogP contribution < -0.4 is 0 Å². The van der Waals surface area contributed by atoms with Crippen LogP contribution in [0.3, 0.4) is 0 Å². The van der Waals surface area contributed by atoms with Gasteiger partial charge in [-0.2, -0.15) is 13.2 Å². The Morgan fingerprint density at radius 1 is 1.36 bits per heavy atom. The van der Waals surface area contributed by atoms with Crippen molar-refractivity contribution in [1.82, 2.24) is 0 Å². The Morgan fingerprint density at radius 3 is 2.36 bits per heavy atom. The van der Waals surface area contributed by atoms with E-state index in [-0.39, 0.29) is 0 Å². The van der Waals surface area contributed by atoms with E-state index in [0.29, 0.717) is 0 Å². The molecule has 1 nitrogen and oxygen atoms in total. The summed E-state index contributed by atoms with van der Waals surface area (Å²) in [6.45, 7) is 0. The van der Waals surface area contributed by atoms with E-state index in [1.54, 1.807) is 0 Å². The zero-order chi connectivity index (χ0) is 8.48. The Kier molecular flexibility index (Phi) is 1.76. The third-order valence-corrected chi connectivity index (χ3v) is 1.23. The van der Waals surface area contributed by atoms with Crippen LogP contribution in [0.5, 0.6) is 0 Å². The summed E-state index contributed by atoms with van der Waals surface area (Å²) in [4.78, 5) is 0. The Hall–Kier alpha value is -1.19. The highest BCUT2D eigenvalue weighted by molar-refractivity contribution is 6.07. The monoisotopic (exact) mass is 160 g/mol. The van der Waals surface area contributed by atoms with Crippen molar-refractivity contribution in [2.45, 2.75) is 6.18 Å². The van der Waals surface area contributed by atoms with Gasteiger partial charge in [-0.1, -0.05) is 0 Å². The van der Waals surface area contributed by atoms with Gasteiger partial charge in [0.1, 0.15) is 0 Å². The van der Waals surface area contributed by atoms with Crippen LogP contribution in [0, 0.1) is 11.8 Å². The van der Waals surface area contributed by atoms with Crippen LogP contribution >= 0.6 is 0 Å². The molecule has 0 bridgehead atoms. The average Bonchev–Trinajstić information content (AvgIpc) is 1.86. The summed E-state index contributed by atoms with van der Waals surface area (Å²) in [5.41, 5.74) is -1.37. The number of nitrogens with one attached hydrogen (secondary N) is 1. The van der Waals surface area contributed by atoms with Crippen LogP contribution in [0.1, 0.15) is 0 Å². The van der Waals surface area contributed by atoms with Crippen molar-refractivity contribution in [2.75, 3.05) is 0 Å². The minimum absolute atomic E-state index is 0.486. The van der Waals surface area contributed by atoms with Crippen LogP contribution in [-0.2, 0) is 0 Å². The van der Waals surface area contributed by atoms with Gasteiger partial charge in [-0.25, -0.2) is 0 Å². The molecule has 0 spiro atoms. The number of hydrogen-bond donors (Lipinski definition) is 1. The maximum atomic E-state index is 11.9. The van der Waals surface area contributed by atoms with E-state index < -0.39 is 17.5 Å². The predicted molar refractivity (Wildman–Crippen MR) is 35.3 cm³/mol. The molecule has 1 rings (SSSR count). The number of halogens is 3. The summed E-state index contributed by atoms with van der Waals surface area (Å²) in [5.74, 6) is 0. The van der Waals surface area contributed by atoms with Crippen LogP contribution in [0.2, 0.25) is 0 Å². The molecule has 0 aromatic carbocycles. The maximum Gasteiger partial charge on any atom is 0.469 e. The normalized spacial score (nSPS) is 17.7. The van der Waals surface area contributed by atoms with E-state index in [9.17, 15) is 13.2 Å². The molecule has 0 unspecified atom stereocenters. The quantitative estimate of drug-likeness (QED) is 0.525. The lowest BCUT2D eigenvalue weighted by Crippen LogP contribution is -2.20. The molecule has 0 saturated carbocycles. The van der Waals surface area contributed by atoms with Gasteiger partial charge in [-0.05, 0) is 0 Å². The topological polar surface area (TPSA) is 23.9 Å². The molecule has 0 amide bonds. The molecule has 0 aromatic rings. The van der Waals surface area contributed by atoms with E-state index in [1.165, 1.54) is 12.2 Å². The van der Waals surface area contributed by atoms with Crippen molar-refractivity contribution in [2.24, 2.45) is 0 Å². The van der Waals surface area contributed by atoms with Crippen molar-refractivity contribution in [3.05, 3.63) is 30.2 Å². The molecule has 1 aliphatic rings. The lowest BCUT2D eigenvalue weighted by atomic mass is 10.0. The standard InChI is InChI=1S/C7H5F3N/c8-7(9,10)5-3-1-2-4-6(5)11/h1-4,11H/q+1. The molecule has 0 radical (unpaired) electrons. The predicted octanol–water partition coefficient (Wildman–Crippen LogP) is 2.27. The number of rotatable bonds is 0. The van der Waals surface area contributed by atoms with Gasteiger partial charge < -0.3 is 0 Å². The molecular weight excluding hydrogens is 155 g/mol. The molecule has 0 aliphatic heterocycles. The van der Waals surface area contributed by atoms with Crippen LogP contribution in [0.15, 0.2) is 23.8 Å².